The molecule has 0 aliphatic carbocycles. The molecule has 0 spiro atoms. The number of thioether (sulfide) groups is 1. The van der Waals surface area contributed by atoms with Crippen LogP contribution in [-0.2, 0) is 16.0 Å². The average molecular weight is 524 g/mol. The lowest BCUT2D eigenvalue weighted by atomic mass is 10.1. The summed E-state index contributed by atoms with van der Waals surface area (Å²) in [4.78, 5) is 30.2. The smallest absolute Gasteiger partial charge is 0.236 e. The molecule has 0 atom stereocenters. The quantitative estimate of drug-likeness (QED) is 0.249. The molecule has 0 aliphatic rings. The lowest BCUT2D eigenvalue weighted by Gasteiger charge is -2.08. The van der Waals surface area contributed by atoms with Gasteiger partial charge in [-0.3, -0.25) is 9.59 Å². The molecule has 0 fully saturated rings. The van der Waals surface area contributed by atoms with Crippen molar-refractivity contribution in [1.82, 2.24) is 4.98 Å². The third-order valence-corrected chi connectivity index (χ3v) is 6.90. The van der Waals surface area contributed by atoms with Gasteiger partial charge in [0.05, 0.1) is 25.0 Å². The van der Waals surface area contributed by atoms with Gasteiger partial charge < -0.3 is 15.4 Å². The Morgan fingerprint density at radius 1 is 1.00 bits per heavy atom. The van der Waals surface area contributed by atoms with Crippen molar-refractivity contribution in [3.63, 3.8) is 0 Å². The summed E-state index contributed by atoms with van der Waals surface area (Å²) < 4.78 is 5.39. The van der Waals surface area contributed by atoms with Crippen molar-refractivity contribution < 1.29 is 14.3 Å². The molecule has 0 saturated carbocycles. The highest BCUT2D eigenvalue weighted by atomic mass is 35.5. The molecule has 3 aromatic carbocycles. The first kappa shape index (κ1) is 24.8. The first-order valence-corrected chi connectivity index (χ1v) is 12.9. The summed E-state index contributed by atoms with van der Waals surface area (Å²) >= 11 is 8.64. The van der Waals surface area contributed by atoms with E-state index in [4.69, 9.17) is 16.3 Å². The number of methoxy groups -OCH3 is 1. The van der Waals surface area contributed by atoms with Gasteiger partial charge in [0.25, 0.3) is 0 Å². The van der Waals surface area contributed by atoms with Crippen LogP contribution < -0.4 is 15.4 Å². The highest BCUT2D eigenvalue weighted by Gasteiger charge is 2.12. The van der Waals surface area contributed by atoms with Crippen LogP contribution in [-0.4, -0.2) is 29.7 Å². The van der Waals surface area contributed by atoms with E-state index in [1.807, 2.05) is 66.0 Å². The third kappa shape index (κ3) is 7.08. The number of carbonyl (C=O) groups is 2. The maximum absolute atomic E-state index is 12.5. The van der Waals surface area contributed by atoms with Crippen molar-refractivity contribution >= 4 is 57.3 Å². The van der Waals surface area contributed by atoms with Crippen LogP contribution in [0.1, 0.15) is 5.56 Å². The molecule has 6 nitrogen and oxygen atoms in total. The van der Waals surface area contributed by atoms with E-state index in [2.05, 4.69) is 15.6 Å². The molecule has 4 aromatic rings. The number of amides is 2. The number of thiazole rings is 1. The Kier molecular flexibility index (Phi) is 8.41. The monoisotopic (exact) mass is 523 g/mol. The highest BCUT2D eigenvalue weighted by Crippen LogP contribution is 2.32. The number of anilines is 2. The highest BCUT2D eigenvalue weighted by molar-refractivity contribution is 8.00. The minimum absolute atomic E-state index is 0.123. The normalized spacial score (nSPS) is 10.6. The van der Waals surface area contributed by atoms with E-state index in [1.165, 1.54) is 23.1 Å². The first-order chi connectivity index (χ1) is 17.0. The number of nitrogens with one attached hydrogen (secondary N) is 2. The molecule has 0 radical (unpaired) electrons. The Balaban J connectivity index is 1.29. The van der Waals surface area contributed by atoms with Crippen LogP contribution in [0.25, 0.3) is 11.3 Å². The van der Waals surface area contributed by atoms with Crippen LogP contribution in [0.3, 0.4) is 0 Å². The number of nitrogens with zero attached hydrogens (tertiary/aromatic N) is 1. The molecule has 0 saturated heterocycles. The van der Waals surface area contributed by atoms with Crippen molar-refractivity contribution in [2.24, 2.45) is 0 Å². The zero-order valence-electron chi connectivity index (χ0n) is 18.8. The molecule has 1 heterocycles. The number of hydrogen-bond acceptors (Lipinski definition) is 6. The van der Waals surface area contributed by atoms with Crippen molar-refractivity contribution in [1.29, 1.82) is 0 Å². The number of aromatic nitrogens is 1. The van der Waals surface area contributed by atoms with Gasteiger partial charge >= 0.3 is 0 Å². The lowest BCUT2D eigenvalue weighted by Crippen LogP contribution is -2.15. The van der Waals surface area contributed by atoms with Crippen LogP contribution in [0, 0.1) is 0 Å². The number of carbonyl (C=O) groups excluding carboxylic acids is 2. The summed E-state index contributed by atoms with van der Waals surface area (Å²) in [6, 6.07) is 22.2. The molecular weight excluding hydrogens is 502 g/mol. The van der Waals surface area contributed by atoms with E-state index in [-0.39, 0.29) is 24.0 Å². The topological polar surface area (TPSA) is 80.3 Å². The van der Waals surface area contributed by atoms with E-state index in [9.17, 15) is 9.59 Å². The maximum atomic E-state index is 12.5. The first-order valence-electron chi connectivity index (χ1n) is 10.7. The molecule has 35 heavy (non-hydrogen) atoms. The Morgan fingerprint density at radius 2 is 1.80 bits per heavy atom. The van der Waals surface area contributed by atoms with Gasteiger partial charge in [-0.15, -0.1) is 23.1 Å². The van der Waals surface area contributed by atoms with Gasteiger partial charge in [-0.05, 0) is 48.0 Å². The number of hydrogen-bond donors (Lipinski definition) is 2. The molecule has 9 heteroatoms. The fraction of sp³-hybridized carbons (Fsp3) is 0.115. The fourth-order valence-electron chi connectivity index (χ4n) is 3.27. The van der Waals surface area contributed by atoms with Gasteiger partial charge in [-0.25, -0.2) is 4.98 Å². The van der Waals surface area contributed by atoms with Crippen molar-refractivity contribution in [2.45, 2.75) is 11.3 Å². The van der Waals surface area contributed by atoms with Gasteiger partial charge in [0.1, 0.15) is 5.75 Å². The minimum atomic E-state index is -0.159. The number of para-hydroxylation sites is 1. The van der Waals surface area contributed by atoms with Gasteiger partial charge in [0.2, 0.25) is 11.8 Å². The second-order valence-electron chi connectivity index (χ2n) is 7.45. The Bertz CT molecular complexity index is 1330. The summed E-state index contributed by atoms with van der Waals surface area (Å²) in [5.74, 6) is 0.660. The number of benzene rings is 3. The molecule has 1 aromatic heterocycles. The Morgan fingerprint density at radius 3 is 2.60 bits per heavy atom. The standard InChI is InChI=1S/C26H22ClN3O3S2/c1-33-23-8-3-2-7-21(23)22-15-35-26(29-22)30-25(32)16-34-20-6-4-5-19(14-20)28-24(31)13-17-9-11-18(27)12-10-17/h2-12,14-15H,13,16H2,1H3,(H,28,31)(H,29,30,32). The van der Waals surface area contributed by atoms with E-state index in [0.717, 1.165) is 27.5 Å². The second kappa shape index (κ2) is 11.9. The average Bonchev–Trinajstić information content (AvgIpc) is 3.32. The van der Waals surface area contributed by atoms with Crippen LogP contribution in [0.5, 0.6) is 5.75 Å². The molecule has 2 amide bonds. The largest absolute Gasteiger partial charge is 0.496 e. The van der Waals surface area contributed by atoms with Crippen molar-refractivity contribution in [3.05, 3.63) is 88.8 Å². The van der Waals surface area contributed by atoms with E-state index >= 15 is 0 Å². The Labute approximate surface area is 216 Å². The van der Waals surface area contributed by atoms with E-state index < -0.39 is 0 Å². The van der Waals surface area contributed by atoms with Crippen molar-refractivity contribution in [2.75, 3.05) is 23.5 Å². The van der Waals surface area contributed by atoms with Gasteiger partial charge in [-0.1, -0.05) is 41.9 Å². The number of rotatable bonds is 9. The van der Waals surface area contributed by atoms with Crippen LogP contribution in [0.15, 0.2) is 83.1 Å². The summed E-state index contributed by atoms with van der Waals surface area (Å²) in [7, 11) is 1.62. The minimum Gasteiger partial charge on any atom is -0.496 e. The number of halogens is 1. The molecule has 0 aliphatic heterocycles. The van der Waals surface area contributed by atoms with Gasteiger partial charge in [0.15, 0.2) is 5.13 Å². The molecule has 178 valence electrons. The molecule has 4 rings (SSSR count). The summed E-state index contributed by atoms with van der Waals surface area (Å²) in [6.07, 6.45) is 0.252. The molecule has 0 unspecified atom stereocenters. The van der Waals surface area contributed by atoms with Crippen LogP contribution >= 0.6 is 34.7 Å². The van der Waals surface area contributed by atoms with E-state index in [1.54, 1.807) is 19.2 Å². The number of ether oxygens (including phenoxy) is 1. The summed E-state index contributed by atoms with van der Waals surface area (Å²) in [5.41, 5.74) is 3.18. The molecule has 0 bridgehead atoms. The zero-order valence-corrected chi connectivity index (χ0v) is 21.2. The van der Waals surface area contributed by atoms with Gasteiger partial charge in [0, 0.05) is 26.5 Å². The third-order valence-electron chi connectivity index (χ3n) is 4.90. The van der Waals surface area contributed by atoms with Crippen LogP contribution in [0.2, 0.25) is 5.02 Å². The van der Waals surface area contributed by atoms with Crippen molar-refractivity contribution in [3.8, 4) is 17.0 Å². The molecule has 2 N–H and O–H groups in total. The van der Waals surface area contributed by atoms with Gasteiger partial charge in [-0.2, -0.15) is 0 Å². The molecular formula is C26H22ClN3O3S2. The SMILES string of the molecule is COc1ccccc1-c1csc(NC(=O)CSc2cccc(NC(=O)Cc3ccc(Cl)cc3)c2)n1. The second-order valence-corrected chi connectivity index (χ2v) is 9.80. The van der Waals surface area contributed by atoms with Crippen LogP contribution in [0.4, 0.5) is 10.8 Å². The lowest BCUT2D eigenvalue weighted by molar-refractivity contribution is -0.115. The predicted molar refractivity (Wildman–Crippen MR) is 144 cm³/mol. The maximum Gasteiger partial charge on any atom is 0.236 e. The fourth-order valence-corrected chi connectivity index (χ4v) is 4.88. The predicted octanol–water partition coefficient (Wildman–Crippen LogP) is 6.38. The van der Waals surface area contributed by atoms with E-state index in [0.29, 0.717) is 15.8 Å². The summed E-state index contributed by atoms with van der Waals surface area (Å²) in [6.45, 7) is 0. The Hall–Kier alpha value is -3.33. The zero-order chi connectivity index (χ0) is 24.6. The summed E-state index contributed by atoms with van der Waals surface area (Å²) in [5, 5.41) is 8.79.